The van der Waals surface area contributed by atoms with Crippen molar-refractivity contribution in [1.82, 2.24) is 0 Å². The predicted molar refractivity (Wildman–Crippen MR) is 105 cm³/mol. The largest absolute Gasteiger partial charge is 0.289 e. The molecule has 0 amide bonds. The van der Waals surface area contributed by atoms with Crippen LogP contribution in [0.15, 0.2) is 66.7 Å². The molecule has 0 bridgehead atoms. The van der Waals surface area contributed by atoms with Crippen LogP contribution in [-0.2, 0) is 0 Å². The molecule has 0 saturated carbocycles. The molecule has 0 N–H and O–H groups in total. The Hall–Kier alpha value is -2.67. The summed E-state index contributed by atoms with van der Waals surface area (Å²) < 4.78 is 0. The summed E-state index contributed by atoms with van der Waals surface area (Å²) in [5.74, 6) is 0.627. The minimum atomic E-state index is 0.0947. The third-order valence-electron chi connectivity index (χ3n) is 4.77. The van der Waals surface area contributed by atoms with E-state index in [0.29, 0.717) is 5.92 Å². The van der Waals surface area contributed by atoms with E-state index in [4.69, 9.17) is 0 Å². The number of carbonyl (C=O) groups is 1. The molecule has 0 spiro atoms. The molecule has 126 valence electrons. The topological polar surface area (TPSA) is 17.1 Å². The van der Waals surface area contributed by atoms with Gasteiger partial charge >= 0.3 is 0 Å². The molecule has 3 rings (SSSR count). The zero-order chi connectivity index (χ0) is 18.0. The maximum atomic E-state index is 12.9. The Labute approximate surface area is 150 Å². The highest BCUT2D eigenvalue weighted by molar-refractivity contribution is 6.11. The average molecular weight is 328 g/mol. The molecule has 0 aliphatic heterocycles. The molecular formula is C24H24O. The van der Waals surface area contributed by atoms with Gasteiger partial charge in [-0.15, -0.1) is 0 Å². The quantitative estimate of drug-likeness (QED) is 0.512. The molecule has 0 aromatic heterocycles. The maximum absolute atomic E-state index is 12.9. The van der Waals surface area contributed by atoms with Crippen molar-refractivity contribution >= 4 is 5.78 Å². The first-order valence-corrected chi connectivity index (χ1v) is 8.78. The molecule has 0 unspecified atom stereocenters. The molecule has 0 aliphatic rings. The fourth-order valence-corrected chi connectivity index (χ4v) is 3.13. The van der Waals surface area contributed by atoms with Gasteiger partial charge in [-0.2, -0.15) is 0 Å². The van der Waals surface area contributed by atoms with Gasteiger partial charge in [0, 0.05) is 11.1 Å². The second-order valence-corrected chi connectivity index (χ2v) is 6.95. The average Bonchev–Trinajstić information content (AvgIpc) is 2.61. The molecule has 0 atom stereocenters. The Morgan fingerprint density at radius 2 is 1.32 bits per heavy atom. The van der Waals surface area contributed by atoms with Gasteiger partial charge < -0.3 is 0 Å². The summed E-state index contributed by atoms with van der Waals surface area (Å²) in [5, 5.41) is 0. The first-order valence-electron chi connectivity index (χ1n) is 8.78. The highest BCUT2D eigenvalue weighted by Crippen LogP contribution is 2.26. The molecule has 1 nitrogen and oxygen atoms in total. The minimum Gasteiger partial charge on any atom is -0.289 e. The van der Waals surface area contributed by atoms with E-state index in [2.05, 4.69) is 44.2 Å². The Morgan fingerprint density at radius 3 is 1.92 bits per heavy atom. The third kappa shape index (κ3) is 3.56. The van der Waals surface area contributed by atoms with Crippen LogP contribution in [0.5, 0.6) is 0 Å². The Kier molecular flexibility index (Phi) is 4.85. The third-order valence-corrected chi connectivity index (χ3v) is 4.77. The van der Waals surface area contributed by atoms with Gasteiger partial charge in [-0.25, -0.2) is 0 Å². The van der Waals surface area contributed by atoms with Gasteiger partial charge in [-0.05, 0) is 47.6 Å². The highest BCUT2D eigenvalue weighted by Gasteiger charge is 2.14. The van der Waals surface area contributed by atoms with E-state index < -0.39 is 0 Å². The molecule has 0 radical (unpaired) electrons. The van der Waals surface area contributed by atoms with E-state index in [9.17, 15) is 4.79 Å². The van der Waals surface area contributed by atoms with Crippen LogP contribution in [0, 0.1) is 13.8 Å². The van der Waals surface area contributed by atoms with Crippen LogP contribution in [0.25, 0.3) is 11.1 Å². The SMILES string of the molecule is Cc1ccccc1C(=O)c1ccc(-c2ccc(C(C)C)cc2)cc1C. The van der Waals surface area contributed by atoms with Crippen LogP contribution in [-0.4, -0.2) is 5.78 Å². The molecule has 1 heteroatoms. The number of rotatable bonds is 4. The summed E-state index contributed by atoms with van der Waals surface area (Å²) in [4.78, 5) is 12.9. The monoisotopic (exact) mass is 328 g/mol. The number of hydrogen-bond donors (Lipinski definition) is 0. The van der Waals surface area contributed by atoms with Crippen LogP contribution in [0.2, 0.25) is 0 Å². The van der Waals surface area contributed by atoms with E-state index in [1.54, 1.807) is 0 Å². The summed E-state index contributed by atoms with van der Waals surface area (Å²) in [7, 11) is 0. The lowest BCUT2D eigenvalue weighted by atomic mass is 9.92. The predicted octanol–water partition coefficient (Wildman–Crippen LogP) is 6.32. The summed E-state index contributed by atoms with van der Waals surface area (Å²) in [6, 6.07) is 22.5. The number of benzene rings is 3. The fraction of sp³-hybridized carbons (Fsp3) is 0.208. The van der Waals surface area contributed by atoms with Crippen LogP contribution >= 0.6 is 0 Å². The van der Waals surface area contributed by atoms with E-state index in [-0.39, 0.29) is 5.78 Å². The van der Waals surface area contributed by atoms with Gasteiger partial charge in [0.1, 0.15) is 0 Å². The molecular weight excluding hydrogens is 304 g/mol. The minimum absolute atomic E-state index is 0.0947. The second-order valence-electron chi connectivity index (χ2n) is 6.95. The first-order chi connectivity index (χ1) is 12.0. The van der Waals surface area contributed by atoms with E-state index >= 15 is 0 Å². The maximum Gasteiger partial charge on any atom is 0.193 e. The molecule has 25 heavy (non-hydrogen) atoms. The Balaban J connectivity index is 1.93. The first kappa shape index (κ1) is 17.2. The van der Waals surface area contributed by atoms with Gasteiger partial charge in [-0.3, -0.25) is 4.79 Å². The number of carbonyl (C=O) groups excluding carboxylic acids is 1. The van der Waals surface area contributed by atoms with Crippen molar-refractivity contribution in [2.45, 2.75) is 33.6 Å². The highest BCUT2D eigenvalue weighted by atomic mass is 16.1. The van der Waals surface area contributed by atoms with Gasteiger partial charge in [0.05, 0.1) is 0 Å². The summed E-state index contributed by atoms with van der Waals surface area (Å²) in [6.45, 7) is 8.39. The smallest absolute Gasteiger partial charge is 0.193 e. The van der Waals surface area contributed by atoms with Gasteiger partial charge in [0.15, 0.2) is 5.78 Å². The summed E-state index contributed by atoms with van der Waals surface area (Å²) in [5.41, 5.74) is 7.25. The fourth-order valence-electron chi connectivity index (χ4n) is 3.13. The van der Waals surface area contributed by atoms with Crippen LogP contribution in [0.4, 0.5) is 0 Å². The van der Waals surface area contributed by atoms with Crippen molar-refractivity contribution in [3.8, 4) is 11.1 Å². The molecule has 0 aliphatic carbocycles. The van der Waals surface area contributed by atoms with Crippen molar-refractivity contribution in [2.75, 3.05) is 0 Å². The van der Waals surface area contributed by atoms with Crippen LogP contribution in [0.1, 0.15) is 52.4 Å². The number of aryl methyl sites for hydroxylation is 2. The van der Waals surface area contributed by atoms with E-state index in [1.807, 2.05) is 50.2 Å². The number of hydrogen-bond acceptors (Lipinski definition) is 1. The molecule has 0 fully saturated rings. The molecule has 0 heterocycles. The lowest BCUT2D eigenvalue weighted by Gasteiger charge is -2.11. The normalized spacial score (nSPS) is 10.9. The molecule has 0 saturated heterocycles. The van der Waals surface area contributed by atoms with Crippen molar-refractivity contribution in [3.05, 3.63) is 94.5 Å². The zero-order valence-electron chi connectivity index (χ0n) is 15.3. The summed E-state index contributed by atoms with van der Waals surface area (Å²) >= 11 is 0. The van der Waals surface area contributed by atoms with Crippen LogP contribution in [0.3, 0.4) is 0 Å². The van der Waals surface area contributed by atoms with Crippen molar-refractivity contribution < 1.29 is 4.79 Å². The Bertz CT molecular complexity index is 902. The Morgan fingerprint density at radius 1 is 0.720 bits per heavy atom. The van der Waals surface area contributed by atoms with Crippen molar-refractivity contribution in [1.29, 1.82) is 0 Å². The second kappa shape index (κ2) is 7.06. The van der Waals surface area contributed by atoms with Crippen LogP contribution < -0.4 is 0 Å². The summed E-state index contributed by atoms with van der Waals surface area (Å²) in [6.07, 6.45) is 0. The molecule has 3 aromatic carbocycles. The lowest BCUT2D eigenvalue weighted by molar-refractivity contribution is 0.103. The number of ketones is 1. The van der Waals surface area contributed by atoms with E-state index in [1.165, 1.54) is 11.1 Å². The lowest BCUT2D eigenvalue weighted by Crippen LogP contribution is -2.05. The van der Waals surface area contributed by atoms with Crippen molar-refractivity contribution in [2.24, 2.45) is 0 Å². The van der Waals surface area contributed by atoms with Gasteiger partial charge in [0.25, 0.3) is 0 Å². The van der Waals surface area contributed by atoms with Crippen molar-refractivity contribution in [3.63, 3.8) is 0 Å². The standard InChI is InChI=1S/C24H24O/c1-16(2)19-9-11-20(12-10-19)21-13-14-23(18(4)15-21)24(25)22-8-6-5-7-17(22)3/h5-16H,1-4H3. The molecule has 3 aromatic rings. The zero-order valence-corrected chi connectivity index (χ0v) is 15.3. The van der Waals surface area contributed by atoms with Gasteiger partial charge in [-0.1, -0.05) is 80.6 Å². The van der Waals surface area contributed by atoms with Gasteiger partial charge in [0.2, 0.25) is 0 Å². The van der Waals surface area contributed by atoms with E-state index in [0.717, 1.165) is 27.8 Å².